The minimum absolute atomic E-state index is 0.0451. The fraction of sp³-hybridized carbons (Fsp3) is 0.333. The molecule has 0 bridgehead atoms. The molecule has 2 aromatic rings. The van der Waals surface area contributed by atoms with Crippen molar-refractivity contribution in [3.05, 3.63) is 35.4 Å². The lowest BCUT2D eigenvalue weighted by molar-refractivity contribution is 0.240. The largest absolute Gasteiger partial charge is 0.504 e. The van der Waals surface area contributed by atoms with Crippen LogP contribution in [0.5, 0.6) is 34.5 Å². The number of methoxy groups -OCH3 is 3. The minimum Gasteiger partial charge on any atom is -0.504 e. The van der Waals surface area contributed by atoms with Crippen molar-refractivity contribution in [3.8, 4) is 34.5 Å². The first-order valence-corrected chi connectivity index (χ1v) is 7.56. The molecule has 2 N–H and O–H groups in total. The number of fused-ring (bicyclic) bond motifs is 1. The molecule has 2 aromatic carbocycles. The molecule has 1 atom stereocenters. The third kappa shape index (κ3) is 2.54. The zero-order chi connectivity index (χ0) is 17.3. The molecule has 1 aliphatic heterocycles. The number of phenolic OH excluding ortho intramolecular Hbond substituents is 2. The fourth-order valence-corrected chi connectivity index (χ4v) is 3.07. The Morgan fingerprint density at radius 1 is 0.958 bits per heavy atom. The lowest BCUT2D eigenvalue weighted by Crippen LogP contribution is -2.20. The third-order valence-corrected chi connectivity index (χ3v) is 4.26. The van der Waals surface area contributed by atoms with E-state index in [1.54, 1.807) is 18.2 Å². The van der Waals surface area contributed by atoms with Gasteiger partial charge in [-0.05, 0) is 24.1 Å². The lowest BCUT2D eigenvalue weighted by Gasteiger charge is -2.28. The Morgan fingerprint density at radius 3 is 2.38 bits per heavy atom. The second-order valence-corrected chi connectivity index (χ2v) is 5.56. The Morgan fingerprint density at radius 2 is 1.71 bits per heavy atom. The molecule has 1 heterocycles. The van der Waals surface area contributed by atoms with Crippen molar-refractivity contribution >= 4 is 0 Å². The van der Waals surface area contributed by atoms with Crippen molar-refractivity contribution < 1.29 is 29.2 Å². The average Bonchev–Trinajstić information content (AvgIpc) is 2.61. The summed E-state index contributed by atoms with van der Waals surface area (Å²) in [6.07, 6.45) is 0.648. The van der Waals surface area contributed by atoms with Crippen LogP contribution in [0.4, 0.5) is 0 Å². The monoisotopic (exact) mass is 332 g/mol. The van der Waals surface area contributed by atoms with Crippen LogP contribution in [0.15, 0.2) is 24.3 Å². The van der Waals surface area contributed by atoms with Crippen LogP contribution >= 0.6 is 0 Å². The molecule has 0 spiro atoms. The summed E-state index contributed by atoms with van der Waals surface area (Å²) < 4.78 is 21.5. The molecule has 0 saturated heterocycles. The number of aromatic hydroxyl groups is 2. The zero-order valence-corrected chi connectivity index (χ0v) is 13.8. The maximum atomic E-state index is 10.5. The highest BCUT2D eigenvalue weighted by Gasteiger charge is 2.29. The maximum Gasteiger partial charge on any atom is 0.203 e. The minimum atomic E-state index is -0.0495. The van der Waals surface area contributed by atoms with E-state index in [0.29, 0.717) is 36.0 Å². The van der Waals surface area contributed by atoms with Gasteiger partial charge < -0.3 is 29.2 Å². The maximum absolute atomic E-state index is 10.5. The standard InChI is InChI=1S/C18H20O6/c1-21-14-7-5-12(15(20)18(14)23-3)11-8-10-4-6-13(19)17(22-2)16(10)24-9-11/h4-7,11,19-20H,8-9H2,1-3H3/t11-/m1/s1. The first-order valence-electron chi connectivity index (χ1n) is 7.56. The molecule has 6 nitrogen and oxygen atoms in total. The predicted octanol–water partition coefficient (Wildman–Crippen LogP) is 2.84. The molecule has 0 amide bonds. The Bertz CT molecular complexity index is 756. The van der Waals surface area contributed by atoms with Crippen LogP contribution < -0.4 is 18.9 Å². The first-order chi connectivity index (χ1) is 11.6. The SMILES string of the molecule is COc1ccc([C@H]2COc3c(ccc(O)c3OC)C2)c(O)c1OC. The van der Waals surface area contributed by atoms with Gasteiger partial charge in [-0.2, -0.15) is 0 Å². The van der Waals surface area contributed by atoms with E-state index in [1.165, 1.54) is 21.3 Å². The van der Waals surface area contributed by atoms with Crippen molar-refractivity contribution in [2.45, 2.75) is 12.3 Å². The van der Waals surface area contributed by atoms with E-state index >= 15 is 0 Å². The molecule has 128 valence electrons. The Labute approximate surface area is 140 Å². The molecule has 1 aliphatic rings. The second-order valence-electron chi connectivity index (χ2n) is 5.56. The van der Waals surface area contributed by atoms with Crippen molar-refractivity contribution in [2.24, 2.45) is 0 Å². The highest BCUT2D eigenvalue weighted by Crippen LogP contribution is 2.47. The number of benzene rings is 2. The summed E-state index contributed by atoms with van der Waals surface area (Å²) in [6.45, 7) is 0.357. The molecule has 0 radical (unpaired) electrons. The van der Waals surface area contributed by atoms with E-state index in [4.69, 9.17) is 18.9 Å². The molecule has 0 saturated carbocycles. The average molecular weight is 332 g/mol. The van der Waals surface area contributed by atoms with Gasteiger partial charge >= 0.3 is 0 Å². The quantitative estimate of drug-likeness (QED) is 0.896. The normalized spacial score (nSPS) is 16.0. The molecule has 24 heavy (non-hydrogen) atoms. The Hall–Kier alpha value is -2.76. The van der Waals surface area contributed by atoms with E-state index < -0.39 is 0 Å². The summed E-state index contributed by atoms with van der Waals surface area (Å²) in [7, 11) is 4.50. The number of hydrogen-bond donors (Lipinski definition) is 2. The summed E-state index contributed by atoms with van der Waals surface area (Å²) >= 11 is 0. The van der Waals surface area contributed by atoms with Crippen molar-refractivity contribution in [1.82, 2.24) is 0 Å². The molecule has 0 fully saturated rings. The fourth-order valence-electron chi connectivity index (χ4n) is 3.07. The molecule has 0 aliphatic carbocycles. The van der Waals surface area contributed by atoms with Crippen molar-refractivity contribution in [2.75, 3.05) is 27.9 Å². The van der Waals surface area contributed by atoms with Crippen LogP contribution in [0.1, 0.15) is 17.0 Å². The summed E-state index contributed by atoms with van der Waals surface area (Å²) in [4.78, 5) is 0. The number of phenols is 2. The van der Waals surface area contributed by atoms with Crippen LogP contribution in [0.25, 0.3) is 0 Å². The van der Waals surface area contributed by atoms with Gasteiger partial charge in [-0.1, -0.05) is 12.1 Å². The predicted molar refractivity (Wildman–Crippen MR) is 87.8 cm³/mol. The van der Waals surface area contributed by atoms with Crippen LogP contribution in [-0.2, 0) is 6.42 Å². The Balaban J connectivity index is 1.97. The molecular weight excluding hydrogens is 312 g/mol. The van der Waals surface area contributed by atoms with Crippen molar-refractivity contribution in [3.63, 3.8) is 0 Å². The smallest absolute Gasteiger partial charge is 0.203 e. The first kappa shape index (κ1) is 16.1. The lowest BCUT2D eigenvalue weighted by atomic mass is 9.89. The molecule has 3 rings (SSSR count). The van der Waals surface area contributed by atoms with Gasteiger partial charge in [-0.3, -0.25) is 0 Å². The summed E-state index contributed by atoms with van der Waals surface area (Å²) in [5.74, 6) is 1.72. The molecule has 0 unspecified atom stereocenters. The van der Waals surface area contributed by atoms with Gasteiger partial charge in [-0.25, -0.2) is 0 Å². The van der Waals surface area contributed by atoms with Crippen molar-refractivity contribution in [1.29, 1.82) is 0 Å². The molecule has 6 heteroatoms. The Kier molecular flexibility index (Phi) is 4.29. The molecular formula is C18H20O6. The summed E-state index contributed by atoms with van der Waals surface area (Å²) in [6, 6.07) is 6.96. The zero-order valence-electron chi connectivity index (χ0n) is 13.8. The van der Waals surface area contributed by atoms with Gasteiger partial charge in [0.2, 0.25) is 11.5 Å². The summed E-state index contributed by atoms with van der Waals surface area (Å²) in [5, 5.41) is 20.4. The number of rotatable bonds is 4. The van der Waals surface area contributed by atoms with E-state index in [2.05, 4.69) is 0 Å². The highest BCUT2D eigenvalue weighted by atomic mass is 16.5. The second kappa shape index (κ2) is 6.39. The van der Waals surface area contributed by atoms with Gasteiger partial charge in [0, 0.05) is 11.5 Å². The highest BCUT2D eigenvalue weighted by molar-refractivity contribution is 5.59. The van der Waals surface area contributed by atoms with Gasteiger partial charge in [-0.15, -0.1) is 0 Å². The number of ether oxygens (including phenoxy) is 4. The topological polar surface area (TPSA) is 77.4 Å². The van der Waals surface area contributed by atoms with E-state index in [0.717, 1.165) is 11.1 Å². The van der Waals surface area contributed by atoms with Gasteiger partial charge in [0.25, 0.3) is 0 Å². The third-order valence-electron chi connectivity index (χ3n) is 4.26. The van der Waals surface area contributed by atoms with Crippen LogP contribution in [-0.4, -0.2) is 38.1 Å². The van der Waals surface area contributed by atoms with Crippen LogP contribution in [0, 0.1) is 0 Å². The van der Waals surface area contributed by atoms with E-state index in [9.17, 15) is 10.2 Å². The van der Waals surface area contributed by atoms with Gasteiger partial charge in [0.05, 0.1) is 27.9 Å². The van der Waals surface area contributed by atoms with Gasteiger partial charge in [0.1, 0.15) is 0 Å². The summed E-state index contributed by atoms with van der Waals surface area (Å²) in [5.41, 5.74) is 1.64. The van der Waals surface area contributed by atoms with Crippen LogP contribution in [0.3, 0.4) is 0 Å². The van der Waals surface area contributed by atoms with E-state index in [-0.39, 0.29) is 17.4 Å². The van der Waals surface area contributed by atoms with Crippen LogP contribution in [0.2, 0.25) is 0 Å². The molecule has 0 aromatic heterocycles. The number of hydrogen-bond acceptors (Lipinski definition) is 6. The van der Waals surface area contributed by atoms with E-state index in [1.807, 2.05) is 6.07 Å². The van der Waals surface area contributed by atoms with Gasteiger partial charge in [0.15, 0.2) is 23.0 Å².